The zero-order valence-corrected chi connectivity index (χ0v) is 17.0. The maximum Gasteiger partial charge on any atom is 0.220 e. The van der Waals surface area contributed by atoms with Crippen molar-refractivity contribution >= 4 is 17.5 Å². The van der Waals surface area contributed by atoms with Gasteiger partial charge in [0.15, 0.2) is 5.82 Å². The molecule has 0 saturated carbocycles. The average Bonchev–Trinajstić information content (AvgIpc) is 3.19. The van der Waals surface area contributed by atoms with E-state index in [2.05, 4.69) is 20.4 Å². The number of hydrogen-bond acceptors (Lipinski definition) is 5. The van der Waals surface area contributed by atoms with Crippen LogP contribution in [0.25, 0.3) is 0 Å². The lowest BCUT2D eigenvalue weighted by Crippen LogP contribution is -2.41. The van der Waals surface area contributed by atoms with E-state index in [4.69, 9.17) is 17.3 Å². The van der Waals surface area contributed by atoms with Gasteiger partial charge in [-0.3, -0.25) is 9.69 Å². The average molecular weight is 429 g/mol. The molecule has 0 radical (unpaired) electrons. The van der Waals surface area contributed by atoms with Gasteiger partial charge in [0, 0.05) is 10.9 Å². The number of primary amides is 1. The molecule has 30 heavy (non-hydrogen) atoms. The summed E-state index contributed by atoms with van der Waals surface area (Å²) in [6.07, 6.45) is 1.39. The predicted molar refractivity (Wildman–Crippen MR) is 110 cm³/mol. The number of nitrogens with zero attached hydrogens (tertiary/aromatic N) is 5. The van der Waals surface area contributed by atoms with Crippen molar-refractivity contribution in [1.29, 1.82) is 0 Å². The highest BCUT2D eigenvalue weighted by atomic mass is 35.5. The van der Waals surface area contributed by atoms with E-state index in [0.717, 1.165) is 11.1 Å². The Balaban J connectivity index is 1.65. The summed E-state index contributed by atoms with van der Waals surface area (Å²) in [5.74, 6) is 0.0346. The molecule has 7 nitrogen and oxygen atoms in total. The van der Waals surface area contributed by atoms with Crippen LogP contribution < -0.4 is 5.73 Å². The van der Waals surface area contributed by atoms with Gasteiger partial charge < -0.3 is 5.73 Å². The van der Waals surface area contributed by atoms with Crippen molar-refractivity contribution in [1.82, 2.24) is 25.1 Å². The van der Waals surface area contributed by atoms with Crippen molar-refractivity contribution in [2.75, 3.05) is 13.1 Å². The van der Waals surface area contributed by atoms with Crippen LogP contribution >= 0.6 is 11.6 Å². The van der Waals surface area contributed by atoms with Crippen molar-refractivity contribution in [2.45, 2.75) is 25.4 Å². The Bertz CT molecular complexity index is 999. The first-order valence-electron chi connectivity index (χ1n) is 9.80. The Morgan fingerprint density at radius 3 is 2.43 bits per heavy atom. The molecule has 4 rings (SSSR count). The minimum atomic E-state index is -0.285. The van der Waals surface area contributed by atoms with Gasteiger partial charge in [-0.15, -0.1) is 5.10 Å². The number of benzene rings is 2. The normalized spacial score (nSPS) is 16.5. The Morgan fingerprint density at radius 2 is 1.80 bits per heavy atom. The summed E-state index contributed by atoms with van der Waals surface area (Å²) in [7, 11) is 0. The molecule has 1 atom stereocenters. The van der Waals surface area contributed by atoms with Crippen molar-refractivity contribution in [2.24, 2.45) is 11.7 Å². The minimum Gasteiger partial charge on any atom is -0.369 e. The molecule has 3 aromatic rings. The molecule has 1 aliphatic rings. The van der Waals surface area contributed by atoms with Gasteiger partial charge in [-0.2, -0.15) is 0 Å². The molecule has 0 aliphatic carbocycles. The summed E-state index contributed by atoms with van der Waals surface area (Å²) < 4.78 is 15.0. The standard InChI is InChI=1S/C21H22ClFN6O/c22-17-5-3-15(4-6-17)19(28-11-9-16(10-12-28)20(24)30)21-25-26-27-29(21)13-14-1-7-18(23)8-2-14/h1-8,16,19H,9-13H2,(H2,24,30). The van der Waals surface area contributed by atoms with E-state index >= 15 is 0 Å². The first-order valence-corrected chi connectivity index (χ1v) is 10.2. The number of piperidine rings is 1. The highest BCUT2D eigenvalue weighted by Gasteiger charge is 2.32. The summed E-state index contributed by atoms with van der Waals surface area (Å²) >= 11 is 6.09. The number of likely N-dealkylation sites (tertiary alicyclic amines) is 1. The van der Waals surface area contributed by atoms with Gasteiger partial charge in [0.2, 0.25) is 5.91 Å². The van der Waals surface area contributed by atoms with Gasteiger partial charge in [-0.05, 0) is 71.8 Å². The van der Waals surface area contributed by atoms with E-state index < -0.39 is 0 Å². The van der Waals surface area contributed by atoms with Crippen LogP contribution in [0.15, 0.2) is 48.5 Å². The Hall–Kier alpha value is -2.84. The molecule has 1 aliphatic heterocycles. The lowest BCUT2D eigenvalue weighted by Gasteiger charge is -2.36. The van der Waals surface area contributed by atoms with E-state index in [9.17, 15) is 9.18 Å². The molecule has 1 aromatic heterocycles. The van der Waals surface area contributed by atoms with Gasteiger partial charge in [0.25, 0.3) is 0 Å². The number of halogens is 2. The zero-order chi connectivity index (χ0) is 21.1. The second-order valence-electron chi connectivity index (χ2n) is 7.49. The number of amides is 1. The molecule has 156 valence electrons. The van der Waals surface area contributed by atoms with Crippen LogP contribution in [0.2, 0.25) is 5.02 Å². The number of carbonyl (C=O) groups excluding carboxylic acids is 1. The third-order valence-corrected chi connectivity index (χ3v) is 5.78. The van der Waals surface area contributed by atoms with Crippen LogP contribution in [0.4, 0.5) is 4.39 Å². The number of carbonyl (C=O) groups is 1. The third kappa shape index (κ3) is 4.49. The fraction of sp³-hybridized carbons (Fsp3) is 0.333. The van der Waals surface area contributed by atoms with Crippen LogP contribution in [-0.4, -0.2) is 44.1 Å². The topological polar surface area (TPSA) is 89.9 Å². The molecular weight excluding hydrogens is 407 g/mol. The number of nitrogens with two attached hydrogens (primary N) is 1. The molecule has 1 amide bonds. The second kappa shape index (κ2) is 8.89. The summed E-state index contributed by atoms with van der Waals surface area (Å²) in [6.45, 7) is 1.82. The molecule has 1 saturated heterocycles. The summed E-state index contributed by atoms with van der Waals surface area (Å²) in [4.78, 5) is 13.8. The van der Waals surface area contributed by atoms with Crippen LogP contribution in [0.1, 0.15) is 35.8 Å². The molecule has 1 unspecified atom stereocenters. The summed E-state index contributed by atoms with van der Waals surface area (Å²) in [6, 6.07) is 13.7. The van der Waals surface area contributed by atoms with Gasteiger partial charge in [0.1, 0.15) is 5.82 Å². The van der Waals surface area contributed by atoms with Crippen LogP contribution in [0, 0.1) is 11.7 Å². The molecule has 2 N–H and O–H groups in total. The Labute approximate surface area is 178 Å². The van der Waals surface area contributed by atoms with Crippen molar-refractivity contribution < 1.29 is 9.18 Å². The number of hydrogen-bond donors (Lipinski definition) is 1. The van der Waals surface area contributed by atoms with E-state index in [-0.39, 0.29) is 23.7 Å². The maximum atomic E-state index is 13.3. The van der Waals surface area contributed by atoms with E-state index in [1.54, 1.807) is 16.8 Å². The summed E-state index contributed by atoms with van der Waals surface area (Å²) in [5, 5.41) is 13.0. The lowest BCUT2D eigenvalue weighted by molar-refractivity contribution is -0.123. The fourth-order valence-electron chi connectivity index (χ4n) is 3.89. The van der Waals surface area contributed by atoms with Gasteiger partial charge >= 0.3 is 0 Å². The first-order chi connectivity index (χ1) is 14.5. The third-order valence-electron chi connectivity index (χ3n) is 5.53. The predicted octanol–water partition coefficient (Wildman–Crippen LogP) is 2.80. The first kappa shape index (κ1) is 20.4. The minimum absolute atomic E-state index is 0.109. The molecule has 0 spiro atoms. The van der Waals surface area contributed by atoms with E-state index in [1.807, 2.05) is 24.3 Å². The van der Waals surface area contributed by atoms with Crippen LogP contribution in [-0.2, 0) is 11.3 Å². The highest BCUT2D eigenvalue weighted by Crippen LogP contribution is 2.32. The van der Waals surface area contributed by atoms with Crippen molar-refractivity contribution in [3.8, 4) is 0 Å². The SMILES string of the molecule is NC(=O)C1CCN(C(c2ccc(Cl)cc2)c2nnnn2Cc2ccc(F)cc2)CC1. The number of rotatable bonds is 6. The highest BCUT2D eigenvalue weighted by molar-refractivity contribution is 6.30. The monoisotopic (exact) mass is 428 g/mol. The smallest absolute Gasteiger partial charge is 0.220 e. The van der Waals surface area contributed by atoms with E-state index in [0.29, 0.717) is 43.3 Å². The van der Waals surface area contributed by atoms with Gasteiger partial charge in [0.05, 0.1) is 12.6 Å². The number of aromatic nitrogens is 4. The molecule has 0 bridgehead atoms. The lowest BCUT2D eigenvalue weighted by atomic mass is 9.93. The van der Waals surface area contributed by atoms with Crippen molar-refractivity contribution in [3.63, 3.8) is 0 Å². The molecule has 9 heteroatoms. The van der Waals surface area contributed by atoms with Crippen molar-refractivity contribution in [3.05, 3.63) is 76.3 Å². The van der Waals surface area contributed by atoms with Crippen LogP contribution in [0.3, 0.4) is 0 Å². The van der Waals surface area contributed by atoms with E-state index in [1.165, 1.54) is 12.1 Å². The molecule has 2 aromatic carbocycles. The molecule has 2 heterocycles. The van der Waals surface area contributed by atoms with Crippen LogP contribution in [0.5, 0.6) is 0 Å². The fourth-order valence-corrected chi connectivity index (χ4v) is 4.02. The Kier molecular flexibility index (Phi) is 6.06. The maximum absolute atomic E-state index is 13.3. The zero-order valence-electron chi connectivity index (χ0n) is 16.3. The second-order valence-corrected chi connectivity index (χ2v) is 7.92. The molecular formula is C21H22ClFN6O. The summed E-state index contributed by atoms with van der Waals surface area (Å²) in [5.41, 5.74) is 7.40. The van der Waals surface area contributed by atoms with Gasteiger partial charge in [-0.1, -0.05) is 35.9 Å². The van der Waals surface area contributed by atoms with Gasteiger partial charge in [-0.25, -0.2) is 9.07 Å². The quantitative estimate of drug-likeness (QED) is 0.652. The molecule has 1 fully saturated rings. The largest absolute Gasteiger partial charge is 0.369 e. The number of tetrazole rings is 1. The Morgan fingerprint density at radius 1 is 1.13 bits per heavy atom.